The maximum Gasteiger partial charge on any atom is 0.341 e. The molecule has 1 saturated heterocycles. The molecule has 3 amide bonds. The Bertz CT molecular complexity index is 1000. The number of rotatable bonds is 6. The maximum absolute atomic E-state index is 12.5. The van der Waals surface area contributed by atoms with Gasteiger partial charge >= 0.3 is 5.97 Å². The highest BCUT2D eigenvalue weighted by molar-refractivity contribution is 8.00. The molecule has 156 valence electrons. The number of ether oxygens (including phenoxy) is 1. The van der Waals surface area contributed by atoms with E-state index in [-0.39, 0.29) is 28.8 Å². The van der Waals surface area contributed by atoms with Gasteiger partial charge in [0.1, 0.15) is 5.03 Å². The normalized spacial score (nSPS) is 16.0. The van der Waals surface area contributed by atoms with Crippen molar-refractivity contribution in [3.05, 3.63) is 53.2 Å². The van der Waals surface area contributed by atoms with Crippen LogP contribution in [0.2, 0.25) is 0 Å². The van der Waals surface area contributed by atoms with Gasteiger partial charge in [0.25, 0.3) is 5.91 Å². The molecule has 1 unspecified atom stereocenters. The van der Waals surface area contributed by atoms with Gasteiger partial charge in [-0.2, -0.15) is 0 Å². The highest BCUT2D eigenvalue weighted by Crippen LogP contribution is 2.31. The van der Waals surface area contributed by atoms with E-state index in [1.165, 1.54) is 19.3 Å². The second-order valence-electron chi connectivity index (χ2n) is 6.85. The minimum absolute atomic E-state index is 0.0449. The zero-order chi connectivity index (χ0) is 21.8. The van der Waals surface area contributed by atoms with Gasteiger partial charge in [-0.05, 0) is 37.1 Å². The van der Waals surface area contributed by atoms with E-state index in [2.05, 4.69) is 10.3 Å². The van der Waals surface area contributed by atoms with Crippen LogP contribution in [0.25, 0.3) is 0 Å². The van der Waals surface area contributed by atoms with Gasteiger partial charge in [0.2, 0.25) is 11.8 Å². The molecule has 1 aliphatic rings. The average Bonchev–Trinajstić information content (AvgIpc) is 2.96. The van der Waals surface area contributed by atoms with Gasteiger partial charge < -0.3 is 10.1 Å². The van der Waals surface area contributed by atoms with E-state index in [4.69, 9.17) is 4.74 Å². The molecular formula is C21H21N3O5S. The molecule has 2 heterocycles. The van der Waals surface area contributed by atoms with Crippen LogP contribution in [0.3, 0.4) is 0 Å². The fourth-order valence-electron chi connectivity index (χ4n) is 2.98. The molecule has 0 bridgehead atoms. The number of esters is 1. The number of para-hydroxylation sites is 1. The molecule has 1 aromatic carbocycles. The van der Waals surface area contributed by atoms with Gasteiger partial charge in [0.05, 0.1) is 10.8 Å². The number of carbonyl (C=O) groups is 4. The summed E-state index contributed by atoms with van der Waals surface area (Å²) in [6, 6.07) is 8.71. The predicted octanol–water partition coefficient (Wildman–Crippen LogP) is 2.34. The summed E-state index contributed by atoms with van der Waals surface area (Å²) in [5, 5.41) is 2.38. The van der Waals surface area contributed by atoms with Gasteiger partial charge in [-0.1, -0.05) is 30.0 Å². The Kier molecular flexibility index (Phi) is 6.51. The molecule has 1 atom stereocenters. The SMILES string of the molecule is Cc1cccc(C)c1NC(=O)COC(=O)c1cccnc1SC1CC(=O)N(C)C1=O. The van der Waals surface area contributed by atoms with Crippen LogP contribution >= 0.6 is 11.8 Å². The molecule has 1 aliphatic heterocycles. The van der Waals surface area contributed by atoms with Crippen molar-refractivity contribution in [3.8, 4) is 0 Å². The highest BCUT2D eigenvalue weighted by atomic mass is 32.2. The summed E-state index contributed by atoms with van der Waals surface area (Å²) in [5.74, 6) is -1.80. The summed E-state index contributed by atoms with van der Waals surface area (Å²) < 4.78 is 5.15. The number of aryl methyl sites for hydroxylation is 2. The number of aromatic nitrogens is 1. The minimum Gasteiger partial charge on any atom is -0.452 e. The van der Waals surface area contributed by atoms with Crippen LogP contribution in [-0.4, -0.2) is 52.5 Å². The van der Waals surface area contributed by atoms with Crippen LogP contribution in [0.4, 0.5) is 5.69 Å². The Morgan fingerprint density at radius 3 is 2.53 bits per heavy atom. The average molecular weight is 427 g/mol. The monoisotopic (exact) mass is 427 g/mol. The summed E-state index contributed by atoms with van der Waals surface area (Å²) in [7, 11) is 1.42. The predicted molar refractivity (Wildman–Crippen MR) is 111 cm³/mol. The number of nitrogens with zero attached hydrogens (tertiary/aromatic N) is 2. The number of nitrogens with one attached hydrogen (secondary N) is 1. The number of likely N-dealkylation sites (tertiary alicyclic amines) is 1. The molecule has 1 aromatic heterocycles. The summed E-state index contributed by atoms with van der Waals surface area (Å²) in [6.07, 6.45) is 1.53. The van der Waals surface area contributed by atoms with Crippen molar-refractivity contribution in [3.63, 3.8) is 0 Å². The van der Waals surface area contributed by atoms with E-state index < -0.39 is 23.7 Å². The molecule has 0 spiro atoms. The number of amides is 3. The molecule has 30 heavy (non-hydrogen) atoms. The lowest BCUT2D eigenvalue weighted by Gasteiger charge is -2.13. The fraction of sp³-hybridized carbons (Fsp3) is 0.286. The van der Waals surface area contributed by atoms with Crippen LogP contribution in [0.15, 0.2) is 41.6 Å². The third kappa shape index (κ3) is 4.68. The molecule has 1 fully saturated rings. The Morgan fingerprint density at radius 2 is 1.90 bits per heavy atom. The first-order chi connectivity index (χ1) is 14.3. The largest absolute Gasteiger partial charge is 0.452 e. The van der Waals surface area contributed by atoms with Crippen LogP contribution < -0.4 is 5.32 Å². The lowest BCUT2D eigenvalue weighted by molar-refractivity contribution is -0.136. The minimum atomic E-state index is -0.729. The van der Waals surface area contributed by atoms with Crippen molar-refractivity contribution >= 4 is 41.1 Å². The van der Waals surface area contributed by atoms with Gasteiger partial charge in [0, 0.05) is 25.4 Å². The Morgan fingerprint density at radius 1 is 1.20 bits per heavy atom. The number of pyridine rings is 1. The summed E-state index contributed by atoms with van der Waals surface area (Å²) in [6.45, 7) is 3.29. The Balaban J connectivity index is 1.64. The lowest BCUT2D eigenvalue weighted by atomic mass is 10.1. The van der Waals surface area contributed by atoms with Crippen molar-refractivity contribution in [2.24, 2.45) is 0 Å². The van der Waals surface area contributed by atoms with Crippen molar-refractivity contribution < 1.29 is 23.9 Å². The number of benzene rings is 1. The van der Waals surface area contributed by atoms with Crippen molar-refractivity contribution in [1.82, 2.24) is 9.88 Å². The molecule has 0 radical (unpaired) electrons. The van der Waals surface area contributed by atoms with Crippen LogP contribution in [-0.2, 0) is 19.1 Å². The fourth-order valence-corrected chi connectivity index (χ4v) is 4.14. The van der Waals surface area contributed by atoms with Crippen molar-refractivity contribution in [1.29, 1.82) is 0 Å². The van der Waals surface area contributed by atoms with Gasteiger partial charge in [-0.3, -0.25) is 19.3 Å². The first-order valence-electron chi connectivity index (χ1n) is 9.23. The van der Waals surface area contributed by atoms with Crippen LogP contribution in [0.1, 0.15) is 27.9 Å². The van der Waals surface area contributed by atoms with E-state index in [1.54, 1.807) is 6.07 Å². The van der Waals surface area contributed by atoms with E-state index in [0.717, 1.165) is 27.8 Å². The van der Waals surface area contributed by atoms with Gasteiger partial charge in [-0.25, -0.2) is 9.78 Å². The van der Waals surface area contributed by atoms with Gasteiger partial charge in [0.15, 0.2) is 6.61 Å². The van der Waals surface area contributed by atoms with Gasteiger partial charge in [-0.15, -0.1) is 0 Å². The third-order valence-corrected chi connectivity index (χ3v) is 5.87. The second-order valence-corrected chi connectivity index (χ2v) is 8.04. The molecule has 8 nitrogen and oxygen atoms in total. The van der Waals surface area contributed by atoms with Crippen molar-refractivity contribution in [2.75, 3.05) is 19.0 Å². The van der Waals surface area contributed by atoms with Crippen LogP contribution in [0, 0.1) is 13.8 Å². The Hall–Kier alpha value is -3.20. The molecule has 0 saturated carbocycles. The van der Waals surface area contributed by atoms with E-state index in [1.807, 2.05) is 32.0 Å². The number of imide groups is 1. The first-order valence-corrected chi connectivity index (χ1v) is 10.1. The summed E-state index contributed by atoms with van der Waals surface area (Å²) >= 11 is 1.04. The first kappa shape index (κ1) is 21.5. The maximum atomic E-state index is 12.5. The van der Waals surface area contributed by atoms with E-state index >= 15 is 0 Å². The van der Waals surface area contributed by atoms with E-state index in [9.17, 15) is 19.2 Å². The number of hydrogen-bond donors (Lipinski definition) is 1. The molecule has 1 N–H and O–H groups in total. The number of hydrogen-bond acceptors (Lipinski definition) is 7. The highest BCUT2D eigenvalue weighted by Gasteiger charge is 2.37. The number of carbonyl (C=O) groups excluding carboxylic acids is 4. The quantitative estimate of drug-likeness (QED) is 0.557. The number of anilines is 1. The smallest absolute Gasteiger partial charge is 0.341 e. The molecular weight excluding hydrogens is 406 g/mol. The standard InChI is InChI=1S/C21H21N3O5S/c1-12-6-4-7-13(2)18(12)23-16(25)11-29-21(28)14-8-5-9-22-19(14)30-15-10-17(26)24(3)20(15)27/h4-9,15H,10-11H2,1-3H3,(H,23,25). The molecule has 0 aliphatic carbocycles. The molecule has 9 heteroatoms. The van der Waals surface area contributed by atoms with Crippen molar-refractivity contribution in [2.45, 2.75) is 30.5 Å². The Labute approximate surface area is 178 Å². The summed E-state index contributed by atoms with van der Waals surface area (Å²) in [5.41, 5.74) is 2.63. The molecule has 3 rings (SSSR count). The topological polar surface area (TPSA) is 106 Å². The lowest BCUT2D eigenvalue weighted by Crippen LogP contribution is -2.26. The zero-order valence-electron chi connectivity index (χ0n) is 16.8. The van der Waals surface area contributed by atoms with E-state index in [0.29, 0.717) is 5.69 Å². The zero-order valence-corrected chi connectivity index (χ0v) is 17.6. The summed E-state index contributed by atoms with van der Waals surface area (Å²) in [4.78, 5) is 53.8. The molecule has 2 aromatic rings. The third-order valence-electron chi connectivity index (χ3n) is 4.66. The van der Waals surface area contributed by atoms with Crippen LogP contribution in [0.5, 0.6) is 0 Å². The number of thioether (sulfide) groups is 1. The second kappa shape index (κ2) is 9.08.